The predicted molar refractivity (Wildman–Crippen MR) is 129 cm³/mol. The molecule has 3 unspecified atom stereocenters. The molecule has 43 heavy (non-hydrogen) atoms. The first-order valence-corrected chi connectivity index (χ1v) is 11.8. The van der Waals surface area contributed by atoms with Gasteiger partial charge >= 0.3 is 24.4 Å². The maximum absolute atomic E-state index is 13.4. The number of Topliss-reactive ketones (excluding diaryl/α,β-unsaturated/α-hetero) is 1. The van der Waals surface area contributed by atoms with Crippen LogP contribution in [-0.2, 0) is 35.3 Å². The van der Waals surface area contributed by atoms with Crippen molar-refractivity contribution in [3.63, 3.8) is 0 Å². The van der Waals surface area contributed by atoms with Crippen LogP contribution in [-0.4, -0.2) is 84.4 Å². The Morgan fingerprint density at radius 2 is 1.47 bits per heavy atom. The zero-order valence-electron chi connectivity index (χ0n) is 22.0. The van der Waals surface area contributed by atoms with E-state index in [-0.39, 0.29) is 6.61 Å². The normalized spacial score (nSPS) is 13.7. The van der Waals surface area contributed by atoms with Crippen LogP contribution in [0.2, 0.25) is 0 Å². The van der Waals surface area contributed by atoms with Crippen molar-refractivity contribution < 1.29 is 69.3 Å². The van der Waals surface area contributed by atoms with Gasteiger partial charge in [-0.05, 0) is 24.6 Å². The molecule has 0 heterocycles. The third kappa shape index (κ3) is 12.4. The molecule has 1 aromatic rings. The number of hydrogen-bond donors (Lipinski definition) is 6. The lowest BCUT2D eigenvalue weighted by Crippen LogP contribution is -2.62. The molecule has 20 heteroatoms. The Morgan fingerprint density at radius 1 is 0.907 bits per heavy atom. The summed E-state index contributed by atoms with van der Waals surface area (Å²) in [7, 11) is 0. The maximum atomic E-state index is 13.4. The van der Waals surface area contributed by atoms with E-state index in [1.807, 2.05) is 0 Å². The summed E-state index contributed by atoms with van der Waals surface area (Å²) in [4.78, 5) is 71.2. The number of alkyl carbamates (subject to hydrolysis) is 1. The van der Waals surface area contributed by atoms with E-state index in [2.05, 4.69) is 0 Å². The number of carbonyl (C=O) groups excluding carboxylic acids is 5. The minimum absolute atomic E-state index is 0.354. The quantitative estimate of drug-likeness (QED) is 0.126. The highest BCUT2D eigenvalue weighted by Gasteiger charge is 2.62. The molecule has 0 saturated carbocycles. The molecule has 0 aromatic heterocycles. The lowest BCUT2D eigenvalue weighted by Gasteiger charge is -2.31. The molecule has 0 bridgehead atoms. The van der Waals surface area contributed by atoms with Gasteiger partial charge in [0, 0.05) is 5.69 Å². The Morgan fingerprint density at radius 3 is 1.95 bits per heavy atom. The van der Waals surface area contributed by atoms with Crippen LogP contribution in [0.4, 0.5) is 41.2 Å². The summed E-state index contributed by atoms with van der Waals surface area (Å²) in [6.07, 6.45) is -14.8. The van der Waals surface area contributed by atoms with Gasteiger partial charge in [0.25, 0.3) is 0 Å². The number of carboxylic acids is 1. The third-order valence-corrected chi connectivity index (χ3v) is 5.35. The van der Waals surface area contributed by atoms with Gasteiger partial charge in [0.15, 0.2) is 11.7 Å². The summed E-state index contributed by atoms with van der Waals surface area (Å²) in [5, 5.41) is 15.0. The van der Waals surface area contributed by atoms with Gasteiger partial charge in [-0.25, -0.2) is 9.18 Å². The number of anilines is 1. The highest BCUT2D eigenvalue weighted by molar-refractivity contribution is 5.96. The Kier molecular flexibility index (Phi) is 13.1. The van der Waals surface area contributed by atoms with Crippen molar-refractivity contribution in [1.29, 1.82) is 0 Å². The molecule has 0 fully saturated rings. The number of ether oxygens (including phenoxy) is 1. The third-order valence-electron chi connectivity index (χ3n) is 5.35. The molecular weight excluding hydrogens is 607 g/mol. The van der Waals surface area contributed by atoms with Crippen molar-refractivity contribution in [2.24, 2.45) is 5.92 Å². The SMILES string of the molecule is CC(NC(=O)C(NC(=O)CNC(=O)OCc1ccc(N)cc1)C(C(F)(F)F)C(F)(F)F)C(=O)NC(CC(=O)O)C(=O)CF. The molecule has 0 spiro atoms. The monoisotopic (exact) mass is 633 g/mol. The molecule has 1 aromatic carbocycles. The molecule has 1 rings (SSSR count). The molecule has 7 N–H and O–H groups in total. The first-order chi connectivity index (χ1) is 19.8. The number of hydrogen-bond acceptors (Lipinski definition) is 8. The van der Waals surface area contributed by atoms with Crippen LogP contribution in [0.5, 0.6) is 0 Å². The number of rotatable bonds is 14. The fourth-order valence-electron chi connectivity index (χ4n) is 3.23. The van der Waals surface area contributed by atoms with Crippen LogP contribution in [0, 0.1) is 5.92 Å². The van der Waals surface area contributed by atoms with E-state index in [0.717, 1.165) is 6.92 Å². The smallest absolute Gasteiger partial charge is 0.407 e. The number of nitrogen functional groups attached to an aromatic ring is 1. The first kappa shape index (κ1) is 36.4. The van der Waals surface area contributed by atoms with Crippen molar-refractivity contribution in [1.82, 2.24) is 21.3 Å². The number of benzene rings is 1. The van der Waals surface area contributed by atoms with Gasteiger partial charge in [-0.1, -0.05) is 12.1 Å². The van der Waals surface area contributed by atoms with Gasteiger partial charge in [-0.2, -0.15) is 26.3 Å². The lowest BCUT2D eigenvalue weighted by atomic mass is 9.96. The summed E-state index contributed by atoms with van der Waals surface area (Å²) in [5.41, 5.74) is 6.32. The van der Waals surface area contributed by atoms with E-state index in [0.29, 0.717) is 11.3 Å². The van der Waals surface area contributed by atoms with Crippen molar-refractivity contribution >= 4 is 41.3 Å². The highest BCUT2D eigenvalue weighted by atomic mass is 19.4. The Bertz CT molecular complexity index is 1160. The number of aliphatic carboxylic acids is 1. The topological polar surface area (TPSA) is 206 Å². The molecule has 13 nitrogen and oxygen atoms in total. The fourth-order valence-corrected chi connectivity index (χ4v) is 3.23. The van der Waals surface area contributed by atoms with Gasteiger partial charge in [0.05, 0.1) is 6.42 Å². The van der Waals surface area contributed by atoms with Gasteiger partial charge in [0.2, 0.25) is 17.7 Å². The van der Waals surface area contributed by atoms with Crippen LogP contribution in [0.25, 0.3) is 0 Å². The summed E-state index contributed by atoms with van der Waals surface area (Å²) in [6, 6.07) is -1.55. The van der Waals surface area contributed by atoms with E-state index >= 15 is 0 Å². The predicted octanol–water partition coefficient (Wildman–Crippen LogP) is 0.723. The molecule has 0 aliphatic rings. The van der Waals surface area contributed by atoms with Crippen molar-refractivity contribution in [3.8, 4) is 0 Å². The lowest BCUT2D eigenvalue weighted by molar-refractivity contribution is -0.289. The number of amides is 4. The molecule has 3 atom stereocenters. The number of alkyl halides is 7. The van der Waals surface area contributed by atoms with E-state index < -0.39 is 91.6 Å². The number of carbonyl (C=O) groups is 6. The molecule has 4 amide bonds. The fraction of sp³-hybridized carbons (Fsp3) is 0.478. The van der Waals surface area contributed by atoms with E-state index in [1.165, 1.54) is 34.9 Å². The molecule has 0 aliphatic carbocycles. The zero-order chi connectivity index (χ0) is 33.1. The van der Waals surface area contributed by atoms with E-state index in [4.69, 9.17) is 15.6 Å². The number of nitrogens with one attached hydrogen (secondary N) is 4. The van der Waals surface area contributed by atoms with Gasteiger partial charge in [-0.3, -0.25) is 24.0 Å². The number of nitrogens with two attached hydrogens (primary N) is 1. The van der Waals surface area contributed by atoms with Crippen LogP contribution in [0.3, 0.4) is 0 Å². The summed E-state index contributed by atoms with van der Waals surface area (Å²) >= 11 is 0. The summed E-state index contributed by atoms with van der Waals surface area (Å²) in [5.74, 6) is -12.9. The minimum Gasteiger partial charge on any atom is -0.481 e. The second-order valence-corrected chi connectivity index (χ2v) is 8.77. The van der Waals surface area contributed by atoms with Crippen LogP contribution in [0.1, 0.15) is 18.9 Å². The standard InChI is InChI=1S/C23H26F7N5O8/c1-10(19(40)34-13(6-16(38)39)14(36)7-24)33-20(41)17(18(22(25,26)27)23(28,29)30)35-15(37)8-32-21(42)43-9-11-2-4-12(31)5-3-11/h2-5,10,13,17-18H,6-9,31H2,1H3,(H,32,42)(H,33,41)(H,34,40)(H,35,37)(H,38,39). The summed E-state index contributed by atoms with van der Waals surface area (Å²) in [6.45, 7) is -2.59. The summed E-state index contributed by atoms with van der Waals surface area (Å²) < 4.78 is 98.1. The number of ketones is 1. The van der Waals surface area contributed by atoms with E-state index in [9.17, 15) is 59.5 Å². The zero-order valence-corrected chi connectivity index (χ0v) is 22.0. The van der Waals surface area contributed by atoms with Crippen molar-refractivity contribution in [2.75, 3.05) is 19.0 Å². The number of halogens is 7. The molecule has 240 valence electrons. The Labute approximate surface area is 237 Å². The minimum atomic E-state index is -6.16. The maximum Gasteiger partial charge on any atom is 0.407 e. The Balaban J connectivity index is 3.02. The molecule has 0 radical (unpaired) electrons. The first-order valence-electron chi connectivity index (χ1n) is 11.8. The van der Waals surface area contributed by atoms with Crippen molar-refractivity contribution in [3.05, 3.63) is 29.8 Å². The van der Waals surface area contributed by atoms with Gasteiger partial charge in [-0.15, -0.1) is 0 Å². The van der Waals surface area contributed by atoms with Gasteiger partial charge < -0.3 is 36.8 Å². The molecule has 0 saturated heterocycles. The highest BCUT2D eigenvalue weighted by Crippen LogP contribution is 2.41. The average Bonchev–Trinajstić information content (AvgIpc) is 2.88. The van der Waals surface area contributed by atoms with Crippen molar-refractivity contribution in [2.45, 2.75) is 50.4 Å². The number of carboxylic acid groups (broad SMARTS) is 1. The van der Waals surface area contributed by atoms with Crippen LogP contribution < -0.4 is 27.0 Å². The average molecular weight is 633 g/mol. The Hall–Kier alpha value is -4.65. The second kappa shape index (κ2) is 15.5. The van der Waals surface area contributed by atoms with Crippen LogP contribution >= 0.6 is 0 Å². The molecular formula is C23H26F7N5O8. The van der Waals surface area contributed by atoms with Gasteiger partial charge in [0.1, 0.15) is 38.0 Å². The second-order valence-electron chi connectivity index (χ2n) is 8.77. The van der Waals surface area contributed by atoms with E-state index in [1.54, 1.807) is 10.6 Å². The molecule has 0 aliphatic heterocycles. The van der Waals surface area contributed by atoms with Crippen LogP contribution in [0.15, 0.2) is 24.3 Å². The largest absolute Gasteiger partial charge is 0.481 e.